The first-order chi connectivity index (χ1) is 11.5. The van der Waals surface area contributed by atoms with Gasteiger partial charge in [0.25, 0.3) is 0 Å². The highest BCUT2D eigenvalue weighted by Crippen LogP contribution is 2.35. The average molecular weight is 384 g/mol. The van der Waals surface area contributed by atoms with Gasteiger partial charge in [-0.3, -0.25) is 0 Å². The van der Waals surface area contributed by atoms with E-state index in [1.807, 2.05) is 0 Å². The Morgan fingerprint density at radius 1 is 1.08 bits per heavy atom. The number of hydrogen-bond acceptors (Lipinski definition) is 2. The van der Waals surface area contributed by atoms with Crippen molar-refractivity contribution >= 4 is 40.4 Å². The molecule has 24 heavy (non-hydrogen) atoms. The Morgan fingerprint density at radius 3 is 2.25 bits per heavy atom. The van der Waals surface area contributed by atoms with Gasteiger partial charge in [-0.2, -0.15) is 0 Å². The highest BCUT2D eigenvalue weighted by molar-refractivity contribution is 7.80. The van der Waals surface area contributed by atoms with Gasteiger partial charge < -0.3 is 9.64 Å². The minimum Gasteiger partial charge on any atom is -0.486 e. The average Bonchev–Trinajstić information content (AvgIpc) is 3.09. The zero-order valence-corrected chi connectivity index (χ0v) is 15.2. The van der Waals surface area contributed by atoms with Gasteiger partial charge in [-0.15, -0.1) is 0 Å². The molecule has 126 valence electrons. The number of nitrogens with zero attached hydrogens (tertiary/aromatic N) is 1. The Labute approximate surface area is 156 Å². The number of halogens is 3. The van der Waals surface area contributed by atoms with Crippen molar-refractivity contribution in [3.8, 4) is 5.75 Å². The normalized spacial score (nSPS) is 14.0. The Hall–Kier alpha value is -1.36. The van der Waals surface area contributed by atoms with E-state index in [0.29, 0.717) is 15.8 Å². The van der Waals surface area contributed by atoms with Crippen LogP contribution in [0.3, 0.4) is 0 Å². The first-order valence-corrected chi connectivity index (χ1v) is 8.86. The van der Waals surface area contributed by atoms with E-state index >= 15 is 0 Å². The summed E-state index contributed by atoms with van der Waals surface area (Å²) in [7, 11) is 0. The second kappa shape index (κ2) is 7.68. The van der Waals surface area contributed by atoms with Crippen molar-refractivity contribution in [2.24, 2.45) is 0 Å². The van der Waals surface area contributed by atoms with E-state index in [-0.39, 0.29) is 12.4 Å². The highest BCUT2D eigenvalue weighted by Gasteiger charge is 2.19. The number of likely N-dealkylation sites (tertiary alicyclic amines) is 1. The molecule has 1 aliphatic rings. The smallest absolute Gasteiger partial charge is 0.157 e. The summed E-state index contributed by atoms with van der Waals surface area (Å²) in [6, 6.07) is 9.67. The molecule has 2 aromatic rings. The highest BCUT2D eigenvalue weighted by atomic mass is 35.5. The van der Waals surface area contributed by atoms with E-state index < -0.39 is 0 Å². The van der Waals surface area contributed by atoms with Crippen LogP contribution in [0.25, 0.3) is 0 Å². The summed E-state index contributed by atoms with van der Waals surface area (Å²) in [5, 5.41) is 0.835. The number of benzene rings is 2. The molecule has 1 heterocycles. The van der Waals surface area contributed by atoms with Crippen molar-refractivity contribution in [1.29, 1.82) is 0 Å². The lowest BCUT2D eigenvalue weighted by molar-refractivity contribution is 0.306. The third-order valence-electron chi connectivity index (χ3n) is 3.93. The molecule has 6 heteroatoms. The predicted octanol–water partition coefficient (Wildman–Crippen LogP) is 5.48. The lowest BCUT2D eigenvalue weighted by Gasteiger charge is -2.20. The summed E-state index contributed by atoms with van der Waals surface area (Å²) in [6.45, 7) is 2.20. The lowest BCUT2D eigenvalue weighted by atomic mass is 10.2. The molecule has 3 rings (SSSR count). The van der Waals surface area contributed by atoms with Gasteiger partial charge in [-0.25, -0.2) is 4.39 Å². The monoisotopic (exact) mass is 383 g/mol. The number of hydrogen-bond donors (Lipinski definition) is 0. The minimum atomic E-state index is -0.283. The molecule has 0 aliphatic carbocycles. The van der Waals surface area contributed by atoms with Crippen molar-refractivity contribution in [2.45, 2.75) is 19.4 Å². The van der Waals surface area contributed by atoms with Gasteiger partial charge in [0.1, 0.15) is 17.4 Å². The van der Waals surface area contributed by atoms with Gasteiger partial charge in [-0.1, -0.05) is 47.6 Å². The van der Waals surface area contributed by atoms with Crippen LogP contribution in [0, 0.1) is 5.82 Å². The predicted molar refractivity (Wildman–Crippen MR) is 99.7 cm³/mol. The van der Waals surface area contributed by atoms with E-state index in [9.17, 15) is 4.39 Å². The first kappa shape index (κ1) is 17.5. The van der Waals surface area contributed by atoms with Crippen molar-refractivity contribution in [1.82, 2.24) is 4.90 Å². The fourth-order valence-corrected chi connectivity index (χ4v) is 3.56. The summed E-state index contributed by atoms with van der Waals surface area (Å²) in [4.78, 5) is 2.93. The quantitative estimate of drug-likeness (QED) is 0.648. The summed E-state index contributed by atoms with van der Waals surface area (Å²) in [5.41, 5.74) is 1.66. The number of thiocarbonyl (C=S) groups is 1. The third-order valence-corrected chi connectivity index (χ3v) is 4.99. The second-order valence-electron chi connectivity index (χ2n) is 5.68. The molecular formula is C18H16Cl2FNOS. The minimum absolute atomic E-state index is 0.260. The SMILES string of the molecule is Fc1ccc(COc2c(Cl)cc(C(=S)N3CCCC3)cc2Cl)cc1. The molecule has 2 nitrogen and oxygen atoms in total. The van der Waals surface area contributed by atoms with Crippen molar-refractivity contribution in [3.63, 3.8) is 0 Å². The first-order valence-electron chi connectivity index (χ1n) is 7.70. The molecular weight excluding hydrogens is 368 g/mol. The van der Waals surface area contributed by atoms with E-state index in [2.05, 4.69) is 4.90 Å². The zero-order valence-electron chi connectivity index (χ0n) is 12.9. The summed E-state index contributed by atoms with van der Waals surface area (Å²) in [6.07, 6.45) is 2.31. The van der Waals surface area contributed by atoms with Gasteiger partial charge in [0, 0.05) is 18.7 Å². The van der Waals surface area contributed by atoms with E-state index in [4.69, 9.17) is 40.2 Å². The van der Waals surface area contributed by atoms with Crippen molar-refractivity contribution in [2.75, 3.05) is 13.1 Å². The van der Waals surface area contributed by atoms with Crippen LogP contribution in [0.15, 0.2) is 36.4 Å². The van der Waals surface area contributed by atoms with Gasteiger partial charge in [-0.05, 0) is 42.7 Å². The third kappa shape index (κ3) is 4.00. The molecule has 1 saturated heterocycles. The van der Waals surface area contributed by atoms with E-state index in [1.54, 1.807) is 24.3 Å². The van der Waals surface area contributed by atoms with Crippen LogP contribution in [0.1, 0.15) is 24.0 Å². The molecule has 0 saturated carbocycles. The van der Waals surface area contributed by atoms with Crippen LogP contribution in [0.5, 0.6) is 5.75 Å². The zero-order chi connectivity index (χ0) is 17.1. The Kier molecular flexibility index (Phi) is 5.59. The van der Waals surface area contributed by atoms with Crippen LogP contribution < -0.4 is 4.74 Å². The lowest BCUT2D eigenvalue weighted by Crippen LogP contribution is -2.26. The summed E-state index contributed by atoms with van der Waals surface area (Å²) >= 11 is 18.2. The summed E-state index contributed by atoms with van der Waals surface area (Å²) in [5.74, 6) is 0.130. The Bertz CT molecular complexity index is 722. The fourth-order valence-electron chi connectivity index (χ4n) is 2.66. The van der Waals surface area contributed by atoms with Crippen molar-refractivity contribution in [3.05, 3.63) is 63.4 Å². The molecule has 0 bridgehead atoms. The van der Waals surface area contributed by atoms with E-state index in [0.717, 1.165) is 42.0 Å². The van der Waals surface area contributed by atoms with Crippen LogP contribution in [-0.4, -0.2) is 23.0 Å². The maximum absolute atomic E-state index is 12.9. The topological polar surface area (TPSA) is 12.5 Å². The van der Waals surface area contributed by atoms with Gasteiger partial charge in [0.2, 0.25) is 0 Å². The number of ether oxygens (including phenoxy) is 1. The molecule has 2 aromatic carbocycles. The van der Waals surface area contributed by atoms with Crippen LogP contribution in [0.4, 0.5) is 4.39 Å². The Morgan fingerprint density at radius 2 is 1.67 bits per heavy atom. The Balaban J connectivity index is 1.74. The molecule has 1 fully saturated rings. The number of rotatable bonds is 4. The molecule has 0 radical (unpaired) electrons. The van der Waals surface area contributed by atoms with Gasteiger partial charge >= 0.3 is 0 Å². The molecule has 0 unspecified atom stereocenters. The standard InChI is InChI=1S/C18H16Cl2FNOS/c19-15-9-13(18(24)22-7-1-2-8-22)10-16(20)17(15)23-11-12-3-5-14(21)6-4-12/h3-6,9-10H,1-2,7-8,11H2. The largest absolute Gasteiger partial charge is 0.486 e. The van der Waals surface area contributed by atoms with Crippen LogP contribution >= 0.6 is 35.4 Å². The molecule has 0 atom stereocenters. The molecule has 0 amide bonds. The van der Waals surface area contributed by atoms with Crippen LogP contribution in [-0.2, 0) is 6.61 Å². The molecule has 0 aromatic heterocycles. The van der Waals surface area contributed by atoms with Crippen molar-refractivity contribution < 1.29 is 9.13 Å². The van der Waals surface area contributed by atoms with Crippen LogP contribution in [0.2, 0.25) is 10.0 Å². The molecule has 0 N–H and O–H groups in total. The van der Waals surface area contributed by atoms with E-state index in [1.165, 1.54) is 12.1 Å². The van der Waals surface area contributed by atoms with Gasteiger partial charge in [0.05, 0.1) is 10.0 Å². The second-order valence-corrected chi connectivity index (χ2v) is 6.88. The fraction of sp³-hybridized carbons (Fsp3) is 0.278. The maximum atomic E-state index is 12.9. The maximum Gasteiger partial charge on any atom is 0.157 e. The van der Waals surface area contributed by atoms with Gasteiger partial charge in [0.15, 0.2) is 5.75 Å². The molecule has 0 spiro atoms. The molecule has 1 aliphatic heterocycles. The summed E-state index contributed by atoms with van der Waals surface area (Å²) < 4.78 is 18.6.